The van der Waals surface area contributed by atoms with Crippen molar-refractivity contribution in [3.8, 4) is 11.5 Å². The Hall–Kier alpha value is -4.07. The Morgan fingerprint density at radius 2 is 1.85 bits per heavy atom. The summed E-state index contributed by atoms with van der Waals surface area (Å²) < 4.78 is 16.0. The molecule has 1 atom stereocenters. The van der Waals surface area contributed by atoms with Crippen molar-refractivity contribution in [2.75, 3.05) is 13.7 Å². The minimum Gasteiger partial charge on any atom is -0.493 e. The lowest BCUT2D eigenvalue weighted by molar-refractivity contribution is -0.139. The summed E-state index contributed by atoms with van der Waals surface area (Å²) in [6.45, 7) is 5.49. The van der Waals surface area contributed by atoms with Gasteiger partial charge in [0.05, 0.1) is 25.3 Å². The highest BCUT2D eigenvalue weighted by Gasteiger charge is 2.32. The van der Waals surface area contributed by atoms with Gasteiger partial charge < -0.3 is 24.8 Å². The van der Waals surface area contributed by atoms with Gasteiger partial charge in [-0.25, -0.2) is 14.4 Å². The maximum absolute atomic E-state index is 12.5. The largest absolute Gasteiger partial charge is 0.493 e. The summed E-state index contributed by atoms with van der Waals surface area (Å²) in [5.41, 5.74) is 3.20. The number of carbonyl (C=O) groups excluding carboxylic acids is 3. The van der Waals surface area contributed by atoms with Crippen molar-refractivity contribution in [1.29, 1.82) is 0 Å². The Balaban J connectivity index is 1.85. The van der Waals surface area contributed by atoms with Crippen molar-refractivity contribution in [2.24, 2.45) is 0 Å². The second-order valence-electron chi connectivity index (χ2n) is 7.31. The monoisotopic (exact) mass is 450 g/mol. The van der Waals surface area contributed by atoms with E-state index in [1.165, 1.54) is 13.2 Å². The Morgan fingerprint density at radius 1 is 1.09 bits per heavy atom. The lowest BCUT2D eigenvalue weighted by Gasteiger charge is -2.28. The van der Waals surface area contributed by atoms with Gasteiger partial charge in [-0.15, -0.1) is 0 Å². The Labute approximate surface area is 192 Å². The van der Waals surface area contributed by atoms with Gasteiger partial charge >= 0.3 is 18.0 Å². The van der Waals surface area contributed by atoms with Crippen LogP contribution in [0.25, 0.3) is 6.08 Å². The van der Waals surface area contributed by atoms with Crippen LogP contribution in [-0.4, -0.2) is 31.7 Å². The molecule has 8 nitrogen and oxygen atoms in total. The van der Waals surface area contributed by atoms with Gasteiger partial charge in [0, 0.05) is 11.8 Å². The summed E-state index contributed by atoms with van der Waals surface area (Å²) in [4.78, 5) is 36.9. The third-order valence-corrected chi connectivity index (χ3v) is 5.08. The molecule has 0 aliphatic carbocycles. The molecule has 0 aromatic heterocycles. The smallest absolute Gasteiger partial charge is 0.338 e. The number of esters is 2. The summed E-state index contributed by atoms with van der Waals surface area (Å²) in [5, 5.41) is 5.31. The molecule has 0 saturated carbocycles. The molecule has 0 saturated heterocycles. The Kier molecular flexibility index (Phi) is 7.50. The molecule has 33 heavy (non-hydrogen) atoms. The van der Waals surface area contributed by atoms with E-state index >= 15 is 0 Å². The fraction of sp³-hybridized carbons (Fsp3) is 0.240. The number of ether oxygens (including phenoxy) is 3. The van der Waals surface area contributed by atoms with E-state index in [0.29, 0.717) is 11.3 Å². The van der Waals surface area contributed by atoms with Crippen molar-refractivity contribution in [1.82, 2.24) is 10.6 Å². The van der Waals surface area contributed by atoms with E-state index in [0.717, 1.165) is 11.1 Å². The van der Waals surface area contributed by atoms with E-state index in [4.69, 9.17) is 14.2 Å². The molecule has 3 rings (SSSR count). The number of aryl methyl sites for hydroxylation is 1. The summed E-state index contributed by atoms with van der Waals surface area (Å²) in [7, 11) is 1.44. The molecule has 2 N–H and O–H groups in total. The highest BCUT2D eigenvalue weighted by atomic mass is 16.6. The van der Waals surface area contributed by atoms with Crippen LogP contribution in [0.5, 0.6) is 11.5 Å². The lowest BCUT2D eigenvalue weighted by Crippen LogP contribution is -2.45. The van der Waals surface area contributed by atoms with Crippen molar-refractivity contribution >= 4 is 24.0 Å². The summed E-state index contributed by atoms with van der Waals surface area (Å²) in [6.07, 6.45) is 3.02. The molecule has 2 aromatic carbocycles. The topological polar surface area (TPSA) is 103 Å². The quantitative estimate of drug-likeness (QED) is 0.378. The van der Waals surface area contributed by atoms with Gasteiger partial charge in [0.1, 0.15) is 0 Å². The van der Waals surface area contributed by atoms with E-state index in [1.54, 1.807) is 38.1 Å². The number of carbonyl (C=O) groups is 3. The first-order chi connectivity index (χ1) is 15.8. The molecule has 1 aliphatic heterocycles. The van der Waals surface area contributed by atoms with E-state index in [1.807, 2.05) is 31.2 Å². The molecule has 1 aliphatic rings. The number of amides is 2. The van der Waals surface area contributed by atoms with Crippen LogP contribution in [0.1, 0.15) is 36.6 Å². The van der Waals surface area contributed by atoms with E-state index < -0.39 is 24.0 Å². The minimum absolute atomic E-state index is 0.199. The van der Waals surface area contributed by atoms with Gasteiger partial charge in [-0.3, -0.25) is 0 Å². The minimum atomic E-state index is -0.752. The van der Waals surface area contributed by atoms with Crippen LogP contribution in [0.15, 0.2) is 59.8 Å². The SMILES string of the molecule is CCOC(=O)C1=C(C)NC(=O)NC1c1ccc(OC(=O)/C=C/c2ccccc2C)c(OC)c1. The van der Waals surface area contributed by atoms with Crippen LogP contribution in [0.4, 0.5) is 4.79 Å². The summed E-state index contributed by atoms with van der Waals surface area (Å²) in [6, 6.07) is 11.3. The molecule has 8 heteroatoms. The molecule has 172 valence electrons. The maximum atomic E-state index is 12.5. The molecular formula is C25H26N2O6. The third-order valence-electron chi connectivity index (χ3n) is 5.08. The summed E-state index contributed by atoms with van der Waals surface area (Å²) in [5.74, 6) is -0.621. The first kappa shape index (κ1) is 23.6. The number of hydrogen-bond acceptors (Lipinski definition) is 6. The van der Waals surface area contributed by atoms with Gasteiger partial charge in [0.15, 0.2) is 11.5 Å². The third kappa shape index (κ3) is 5.60. The average Bonchev–Trinajstić information content (AvgIpc) is 2.78. The zero-order chi connectivity index (χ0) is 24.0. The number of nitrogens with one attached hydrogen (secondary N) is 2. The maximum Gasteiger partial charge on any atom is 0.338 e. The predicted molar refractivity (Wildman–Crippen MR) is 123 cm³/mol. The number of benzene rings is 2. The van der Waals surface area contributed by atoms with Crippen LogP contribution in [-0.2, 0) is 14.3 Å². The first-order valence-electron chi connectivity index (χ1n) is 10.4. The number of hydrogen-bond donors (Lipinski definition) is 2. The number of urea groups is 1. The normalized spacial score (nSPS) is 15.6. The van der Waals surface area contributed by atoms with Gasteiger partial charge in [-0.1, -0.05) is 30.3 Å². The number of rotatable bonds is 7. The highest BCUT2D eigenvalue weighted by molar-refractivity contribution is 5.95. The van der Waals surface area contributed by atoms with E-state index in [-0.39, 0.29) is 23.7 Å². The number of methoxy groups -OCH3 is 1. The average molecular weight is 450 g/mol. The Bertz CT molecular complexity index is 1140. The van der Waals surface area contributed by atoms with Crippen molar-refractivity contribution in [2.45, 2.75) is 26.8 Å². The van der Waals surface area contributed by atoms with Crippen LogP contribution >= 0.6 is 0 Å². The lowest BCUT2D eigenvalue weighted by atomic mass is 9.95. The second kappa shape index (κ2) is 10.5. The van der Waals surface area contributed by atoms with Crippen LogP contribution in [0.3, 0.4) is 0 Å². The van der Waals surface area contributed by atoms with Gasteiger partial charge in [0.25, 0.3) is 0 Å². The van der Waals surface area contributed by atoms with Crippen molar-refractivity contribution in [3.63, 3.8) is 0 Å². The zero-order valence-corrected chi connectivity index (χ0v) is 18.9. The molecule has 0 spiro atoms. The second-order valence-corrected chi connectivity index (χ2v) is 7.31. The Morgan fingerprint density at radius 3 is 2.55 bits per heavy atom. The zero-order valence-electron chi connectivity index (χ0n) is 18.9. The number of allylic oxidation sites excluding steroid dienone is 1. The van der Waals surface area contributed by atoms with Crippen LogP contribution in [0, 0.1) is 6.92 Å². The fourth-order valence-electron chi connectivity index (χ4n) is 3.45. The van der Waals surface area contributed by atoms with E-state index in [2.05, 4.69) is 10.6 Å². The van der Waals surface area contributed by atoms with Crippen LogP contribution in [0.2, 0.25) is 0 Å². The molecule has 1 heterocycles. The van der Waals surface area contributed by atoms with Gasteiger partial charge in [-0.05, 0) is 55.7 Å². The molecule has 0 fully saturated rings. The molecule has 2 aromatic rings. The molecular weight excluding hydrogens is 424 g/mol. The fourth-order valence-corrected chi connectivity index (χ4v) is 3.45. The van der Waals surface area contributed by atoms with Crippen molar-refractivity contribution < 1.29 is 28.6 Å². The predicted octanol–water partition coefficient (Wildman–Crippen LogP) is 3.81. The van der Waals surface area contributed by atoms with E-state index in [9.17, 15) is 14.4 Å². The van der Waals surface area contributed by atoms with Crippen molar-refractivity contribution in [3.05, 3.63) is 76.5 Å². The molecule has 2 amide bonds. The summed E-state index contributed by atoms with van der Waals surface area (Å²) >= 11 is 0. The van der Waals surface area contributed by atoms with Gasteiger partial charge in [0.2, 0.25) is 0 Å². The van der Waals surface area contributed by atoms with Crippen LogP contribution < -0.4 is 20.1 Å². The molecule has 0 bridgehead atoms. The molecule has 1 unspecified atom stereocenters. The first-order valence-corrected chi connectivity index (χ1v) is 10.4. The molecule has 0 radical (unpaired) electrons. The van der Waals surface area contributed by atoms with Gasteiger partial charge in [-0.2, -0.15) is 0 Å². The standard InChI is InChI=1S/C25H26N2O6/c1-5-32-24(29)22-16(3)26-25(30)27-23(22)18-10-12-19(20(14-18)31-4)33-21(28)13-11-17-9-7-6-8-15(17)2/h6-14,23H,5H2,1-4H3,(H2,26,27,30)/b13-11+. The highest BCUT2D eigenvalue weighted by Crippen LogP contribution is 2.34.